The van der Waals surface area contributed by atoms with Crippen LogP contribution in [0.4, 0.5) is 16.3 Å². The van der Waals surface area contributed by atoms with E-state index in [1.807, 2.05) is 6.92 Å². The molecule has 3 aromatic rings. The van der Waals surface area contributed by atoms with Gasteiger partial charge in [-0.1, -0.05) is 13.0 Å². The van der Waals surface area contributed by atoms with Crippen LogP contribution in [0.2, 0.25) is 0 Å². The molecule has 156 valence electrons. The second kappa shape index (κ2) is 8.19. The zero-order chi connectivity index (χ0) is 22.0. The van der Waals surface area contributed by atoms with Gasteiger partial charge < -0.3 is 16.2 Å². The third-order valence-electron chi connectivity index (χ3n) is 4.73. The monoisotopic (exact) mass is 410 g/mol. The maximum Gasteiger partial charge on any atom is 0.417 e. The summed E-state index contributed by atoms with van der Waals surface area (Å²) in [5, 5.41) is 16.9. The lowest BCUT2D eigenvalue weighted by Gasteiger charge is -2.21. The molecule has 0 aliphatic carbocycles. The predicted molar refractivity (Wildman–Crippen MR) is 110 cm³/mol. The summed E-state index contributed by atoms with van der Waals surface area (Å²) in [4.78, 5) is 41.5. The highest BCUT2D eigenvalue weighted by atomic mass is 16.4. The number of carbonyl (C=O) groups is 3. The quantitative estimate of drug-likeness (QED) is 0.569. The minimum absolute atomic E-state index is 0.0641. The molecule has 10 heteroatoms. The lowest BCUT2D eigenvalue weighted by Crippen LogP contribution is -2.27. The second-order valence-corrected chi connectivity index (χ2v) is 6.78. The molecule has 0 aliphatic rings. The van der Waals surface area contributed by atoms with Crippen LogP contribution in [0.5, 0.6) is 0 Å². The summed E-state index contributed by atoms with van der Waals surface area (Å²) in [5.74, 6) is -0.892. The molecule has 0 fully saturated rings. The number of hydrogen-bond acceptors (Lipinski definition) is 5. The van der Waals surface area contributed by atoms with Crippen molar-refractivity contribution in [1.29, 1.82) is 0 Å². The zero-order valence-corrected chi connectivity index (χ0v) is 16.8. The fraction of sp³-hybridized carbons (Fsp3) is 0.250. The van der Waals surface area contributed by atoms with Crippen LogP contribution in [-0.2, 0) is 0 Å². The third kappa shape index (κ3) is 3.66. The van der Waals surface area contributed by atoms with Crippen molar-refractivity contribution in [2.75, 3.05) is 11.4 Å². The molecule has 30 heavy (non-hydrogen) atoms. The number of nitrogens with two attached hydrogens (primary N) is 1. The number of carbonyl (C=O) groups excluding carboxylic acids is 2. The SMILES string of the molecule is CCCNC(=O)c1cn2ncnc(N(C(=O)O)c3cc(C(N)=O)ccc3C)c2c1C. The van der Waals surface area contributed by atoms with Crippen LogP contribution in [0.25, 0.3) is 5.52 Å². The molecule has 0 saturated heterocycles. The average molecular weight is 410 g/mol. The Bertz CT molecular complexity index is 1150. The first kappa shape index (κ1) is 20.8. The number of anilines is 2. The molecular formula is C20H22N6O4. The Kier molecular flexibility index (Phi) is 5.67. The first-order valence-electron chi connectivity index (χ1n) is 9.30. The molecule has 2 heterocycles. The summed E-state index contributed by atoms with van der Waals surface area (Å²) in [5.41, 5.74) is 7.64. The summed E-state index contributed by atoms with van der Waals surface area (Å²) in [6, 6.07) is 4.53. The fourth-order valence-electron chi connectivity index (χ4n) is 3.18. The van der Waals surface area contributed by atoms with Crippen LogP contribution in [0, 0.1) is 13.8 Å². The van der Waals surface area contributed by atoms with Crippen LogP contribution in [0.15, 0.2) is 30.7 Å². The Morgan fingerprint density at radius 2 is 2.00 bits per heavy atom. The van der Waals surface area contributed by atoms with Gasteiger partial charge in [0.25, 0.3) is 5.91 Å². The molecule has 10 nitrogen and oxygen atoms in total. The van der Waals surface area contributed by atoms with Crippen molar-refractivity contribution < 1.29 is 19.5 Å². The molecule has 0 saturated carbocycles. The van der Waals surface area contributed by atoms with Gasteiger partial charge in [-0.3, -0.25) is 9.59 Å². The summed E-state index contributed by atoms with van der Waals surface area (Å²) >= 11 is 0. The maximum absolute atomic E-state index is 12.5. The standard InChI is InChI=1S/C20H22N6O4/c1-4-7-22-19(28)14-9-25-16(12(14)3)18(23-10-24-25)26(20(29)30)15-8-13(17(21)27)6-5-11(15)2/h5-6,8-10H,4,7H2,1-3H3,(H2,21,27)(H,22,28)(H,29,30). The Balaban J connectivity index is 2.22. The molecule has 2 aromatic heterocycles. The van der Waals surface area contributed by atoms with Gasteiger partial charge in [-0.15, -0.1) is 0 Å². The number of aromatic nitrogens is 3. The van der Waals surface area contributed by atoms with Gasteiger partial charge in [0.15, 0.2) is 5.82 Å². The smallest absolute Gasteiger partial charge is 0.417 e. The Morgan fingerprint density at radius 1 is 1.27 bits per heavy atom. The van der Waals surface area contributed by atoms with Crippen molar-refractivity contribution in [2.24, 2.45) is 5.73 Å². The summed E-state index contributed by atoms with van der Waals surface area (Å²) < 4.78 is 1.42. The van der Waals surface area contributed by atoms with Gasteiger partial charge in [0.1, 0.15) is 11.8 Å². The van der Waals surface area contributed by atoms with Gasteiger partial charge in [0.05, 0.1) is 11.3 Å². The van der Waals surface area contributed by atoms with E-state index in [1.165, 1.54) is 29.2 Å². The molecular weight excluding hydrogens is 388 g/mol. The van der Waals surface area contributed by atoms with Gasteiger partial charge in [0.2, 0.25) is 5.91 Å². The zero-order valence-electron chi connectivity index (χ0n) is 16.8. The second-order valence-electron chi connectivity index (χ2n) is 6.78. The molecule has 0 unspecified atom stereocenters. The number of hydrogen-bond donors (Lipinski definition) is 3. The van der Waals surface area contributed by atoms with Crippen molar-refractivity contribution in [3.8, 4) is 0 Å². The number of nitrogens with one attached hydrogen (secondary N) is 1. The van der Waals surface area contributed by atoms with Crippen LogP contribution < -0.4 is 16.0 Å². The largest absolute Gasteiger partial charge is 0.464 e. The first-order chi connectivity index (χ1) is 14.3. The molecule has 4 N–H and O–H groups in total. The van der Waals surface area contributed by atoms with E-state index in [2.05, 4.69) is 15.4 Å². The minimum atomic E-state index is -1.31. The van der Waals surface area contributed by atoms with Crippen molar-refractivity contribution in [3.05, 3.63) is 53.0 Å². The van der Waals surface area contributed by atoms with E-state index in [1.54, 1.807) is 19.9 Å². The summed E-state index contributed by atoms with van der Waals surface area (Å²) in [6.45, 7) is 5.88. The Morgan fingerprint density at radius 3 is 2.63 bits per heavy atom. The predicted octanol–water partition coefficient (Wildman–Crippen LogP) is 2.40. The number of aryl methyl sites for hydroxylation is 2. The van der Waals surface area contributed by atoms with Crippen LogP contribution in [-0.4, -0.2) is 44.2 Å². The first-order valence-corrected chi connectivity index (χ1v) is 9.30. The van der Waals surface area contributed by atoms with E-state index in [4.69, 9.17) is 5.73 Å². The Labute approximate surface area is 172 Å². The number of carboxylic acid groups (broad SMARTS) is 1. The fourth-order valence-corrected chi connectivity index (χ4v) is 3.18. The van der Waals surface area contributed by atoms with Crippen molar-refractivity contribution in [1.82, 2.24) is 19.9 Å². The Hall–Kier alpha value is -3.95. The highest BCUT2D eigenvalue weighted by Gasteiger charge is 2.27. The molecule has 1 aromatic carbocycles. The van der Waals surface area contributed by atoms with E-state index >= 15 is 0 Å². The highest BCUT2D eigenvalue weighted by molar-refractivity contribution is 6.04. The third-order valence-corrected chi connectivity index (χ3v) is 4.73. The number of fused-ring (bicyclic) bond motifs is 1. The van der Waals surface area contributed by atoms with E-state index < -0.39 is 12.0 Å². The number of primary amides is 1. The molecule has 3 rings (SSSR count). The van der Waals surface area contributed by atoms with E-state index in [-0.39, 0.29) is 23.0 Å². The van der Waals surface area contributed by atoms with Gasteiger partial charge in [-0.25, -0.2) is 19.2 Å². The molecule has 0 aliphatic heterocycles. The van der Waals surface area contributed by atoms with E-state index in [0.29, 0.717) is 28.8 Å². The minimum Gasteiger partial charge on any atom is -0.464 e. The average Bonchev–Trinajstić information content (AvgIpc) is 3.05. The van der Waals surface area contributed by atoms with Gasteiger partial charge in [-0.05, 0) is 43.5 Å². The molecule has 0 atom stereocenters. The lowest BCUT2D eigenvalue weighted by atomic mass is 10.1. The van der Waals surface area contributed by atoms with E-state index in [9.17, 15) is 19.5 Å². The molecule has 0 bridgehead atoms. The topological polar surface area (TPSA) is 143 Å². The van der Waals surface area contributed by atoms with Crippen LogP contribution >= 0.6 is 0 Å². The number of rotatable bonds is 6. The summed E-state index contributed by atoms with van der Waals surface area (Å²) in [7, 11) is 0. The van der Waals surface area contributed by atoms with Crippen molar-refractivity contribution in [2.45, 2.75) is 27.2 Å². The summed E-state index contributed by atoms with van der Waals surface area (Å²) in [6.07, 6.45) is 2.22. The lowest BCUT2D eigenvalue weighted by molar-refractivity contribution is 0.0951. The van der Waals surface area contributed by atoms with Crippen molar-refractivity contribution in [3.63, 3.8) is 0 Å². The van der Waals surface area contributed by atoms with Gasteiger partial charge in [0, 0.05) is 18.3 Å². The van der Waals surface area contributed by atoms with Crippen LogP contribution in [0.3, 0.4) is 0 Å². The van der Waals surface area contributed by atoms with E-state index in [0.717, 1.165) is 11.3 Å². The highest BCUT2D eigenvalue weighted by Crippen LogP contribution is 2.33. The normalized spacial score (nSPS) is 10.8. The van der Waals surface area contributed by atoms with Crippen molar-refractivity contribution >= 4 is 34.9 Å². The number of amides is 3. The molecule has 0 spiro atoms. The van der Waals surface area contributed by atoms with Crippen LogP contribution in [0.1, 0.15) is 45.2 Å². The molecule has 3 amide bonds. The number of benzene rings is 1. The van der Waals surface area contributed by atoms with Gasteiger partial charge in [-0.2, -0.15) is 5.10 Å². The maximum atomic E-state index is 12.5. The molecule has 0 radical (unpaired) electrons. The number of nitrogens with zero attached hydrogens (tertiary/aromatic N) is 4. The van der Waals surface area contributed by atoms with Gasteiger partial charge >= 0.3 is 6.09 Å².